The summed E-state index contributed by atoms with van der Waals surface area (Å²) in [7, 11) is 0. The Kier molecular flexibility index (Phi) is 4.24. The van der Waals surface area contributed by atoms with Crippen LogP contribution in [0.25, 0.3) is 11.3 Å². The fourth-order valence-electron chi connectivity index (χ4n) is 3.77. The van der Waals surface area contributed by atoms with Crippen molar-refractivity contribution in [3.8, 4) is 11.3 Å². The molecule has 0 unspecified atom stereocenters. The van der Waals surface area contributed by atoms with Crippen LogP contribution in [0.2, 0.25) is 0 Å². The van der Waals surface area contributed by atoms with Gasteiger partial charge >= 0.3 is 6.03 Å². The number of hydrogen-bond donors (Lipinski definition) is 2. The van der Waals surface area contributed by atoms with Crippen molar-refractivity contribution in [2.45, 2.75) is 43.7 Å². The standard InChI is InChI=1S/C18H21N3O2S/c22-17(21-15-9-18(23-10-15)6-1-2-7-18)20-14-5-3-4-13(8-14)16-11-24-12-19-16/h3-5,8,11-12,15H,1-2,6-7,9-10H2,(H2,20,21,22)/t15-/m0/s1. The van der Waals surface area contributed by atoms with E-state index in [1.807, 2.05) is 29.6 Å². The number of thiazole rings is 1. The van der Waals surface area contributed by atoms with Gasteiger partial charge in [-0.05, 0) is 31.4 Å². The normalized spacial score (nSPS) is 21.9. The van der Waals surface area contributed by atoms with E-state index in [1.165, 1.54) is 12.8 Å². The first kappa shape index (κ1) is 15.6. The lowest BCUT2D eigenvalue weighted by atomic mass is 9.96. The molecule has 2 fully saturated rings. The highest BCUT2D eigenvalue weighted by atomic mass is 32.1. The van der Waals surface area contributed by atoms with Gasteiger partial charge in [-0.2, -0.15) is 0 Å². The van der Waals surface area contributed by atoms with Crippen LogP contribution in [0.5, 0.6) is 0 Å². The van der Waals surface area contributed by atoms with Crippen molar-refractivity contribution in [1.29, 1.82) is 0 Å². The number of ether oxygens (including phenoxy) is 1. The van der Waals surface area contributed by atoms with Crippen molar-refractivity contribution < 1.29 is 9.53 Å². The molecule has 5 nitrogen and oxygen atoms in total. The Hall–Kier alpha value is -1.92. The number of rotatable bonds is 3. The first-order valence-electron chi connectivity index (χ1n) is 8.43. The molecule has 1 spiro atoms. The van der Waals surface area contributed by atoms with E-state index >= 15 is 0 Å². The summed E-state index contributed by atoms with van der Waals surface area (Å²) >= 11 is 1.56. The van der Waals surface area contributed by atoms with E-state index in [2.05, 4.69) is 15.6 Å². The van der Waals surface area contributed by atoms with Crippen LogP contribution >= 0.6 is 11.3 Å². The van der Waals surface area contributed by atoms with E-state index in [0.29, 0.717) is 6.61 Å². The Morgan fingerprint density at radius 3 is 3.00 bits per heavy atom. The van der Waals surface area contributed by atoms with Gasteiger partial charge in [-0.1, -0.05) is 25.0 Å². The highest BCUT2D eigenvalue weighted by molar-refractivity contribution is 7.07. The summed E-state index contributed by atoms with van der Waals surface area (Å²) in [5, 5.41) is 7.96. The third-order valence-electron chi connectivity index (χ3n) is 4.91. The monoisotopic (exact) mass is 343 g/mol. The molecule has 2 aliphatic rings. The Balaban J connectivity index is 1.36. The SMILES string of the molecule is O=C(Nc1cccc(-c2cscn2)c1)N[C@@H]1COC2(CCCC2)C1. The fourth-order valence-corrected chi connectivity index (χ4v) is 4.33. The summed E-state index contributed by atoms with van der Waals surface area (Å²) in [5.41, 5.74) is 4.54. The molecule has 1 aliphatic carbocycles. The minimum atomic E-state index is -0.172. The van der Waals surface area contributed by atoms with Crippen molar-refractivity contribution in [3.05, 3.63) is 35.2 Å². The van der Waals surface area contributed by atoms with Crippen molar-refractivity contribution in [2.75, 3.05) is 11.9 Å². The smallest absolute Gasteiger partial charge is 0.319 e. The molecule has 126 valence electrons. The van der Waals surface area contributed by atoms with Crippen LogP contribution in [0.1, 0.15) is 32.1 Å². The molecule has 1 saturated carbocycles. The summed E-state index contributed by atoms with van der Waals surface area (Å²) < 4.78 is 5.98. The largest absolute Gasteiger partial charge is 0.373 e. The maximum atomic E-state index is 12.3. The topological polar surface area (TPSA) is 63.2 Å². The second kappa shape index (κ2) is 6.53. The molecule has 2 heterocycles. The van der Waals surface area contributed by atoms with Crippen molar-refractivity contribution >= 4 is 23.1 Å². The van der Waals surface area contributed by atoms with Crippen molar-refractivity contribution in [2.24, 2.45) is 0 Å². The quantitative estimate of drug-likeness (QED) is 0.884. The highest BCUT2D eigenvalue weighted by Crippen LogP contribution is 2.40. The predicted molar refractivity (Wildman–Crippen MR) is 95.3 cm³/mol. The van der Waals surface area contributed by atoms with E-state index in [0.717, 1.165) is 36.2 Å². The average molecular weight is 343 g/mol. The second-order valence-electron chi connectivity index (χ2n) is 6.66. The molecule has 1 saturated heterocycles. The maximum absolute atomic E-state index is 12.3. The zero-order valence-electron chi connectivity index (χ0n) is 13.5. The lowest BCUT2D eigenvalue weighted by Gasteiger charge is -2.21. The van der Waals surface area contributed by atoms with E-state index in [9.17, 15) is 4.79 Å². The van der Waals surface area contributed by atoms with Crippen LogP contribution in [0.15, 0.2) is 35.2 Å². The number of anilines is 1. The van der Waals surface area contributed by atoms with Crippen molar-refractivity contribution in [1.82, 2.24) is 10.3 Å². The molecule has 2 N–H and O–H groups in total. The van der Waals surface area contributed by atoms with Gasteiger partial charge in [-0.3, -0.25) is 0 Å². The number of carbonyl (C=O) groups excluding carboxylic acids is 1. The molecule has 2 aromatic rings. The zero-order valence-corrected chi connectivity index (χ0v) is 14.3. The summed E-state index contributed by atoms with van der Waals surface area (Å²) in [5.74, 6) is 0. The third-order valence-corrected chi connectivity index (χ3v) is 5.49. The number of hydrogen-bond acceptors (Lipinski definition) is 4. The molecule has 0 bridgehead atoms. The summed E-state index contributed by atoms with van der Waals surface area (Å²) in [4.78, 5) is 16.6. The van der Waals surface area contributed by atoms with E-state index in [1.54, 1.807) is 16.8 Å². The minimum absolute atomic E-state index is 0.0302. The first-order valence-corrected chi connectivity index (χ1v) is 9.37. The molecule has 1 aromatic heterocycles. The molecule has 1 aromatic carbocycles. The van der Waals surface area contributed by atoms with E-state index in [-0.39, 0.29) is 17.7 Å². The summed E-state index contributed by atoms with van der Waals surface area (Å²) in [6, 6.07) is 7.68. The van der Waals surface area contributed by atoms with E-state index in [4.69, 9.17) is 4.74 Å². The minimum Gasteiger partial charge on any atom is -0.373 e. The first-order chi connectivity index (χ1) is 11.7. The number of amides is 2. The van der Waals surface area contributed by atoms with Crippen LogP contribution in [0.4, 0.5) is 10.5 Å². The fraction of sp³-hybridized carbons (Fsp3) is 0.444. The van der Waals surface area contributed by atoms with Crippen molar-refractivity contribution in [3.63, 3.8) is 0 Å². The number of carbonyl (C=O) groups is 1. The number of urea groups is 1. The number of benzene rings is 1. The maximum Gasteiger partial charge on any atom is 0.319 e. The number of aromatic nitrogens is 1. The van der Waals surface area contributed by atoms with Gasteiger partial charge in [0.2, 0.25) is 0 Å². The molecule has 1 aliphatic heterocycles. The second-order valence-corrected chi connectivity index (χ2v) is 7.37. The number of nitrogens with zero attached hydrogens (tertiary/aromatic N) is 1. The van der Waals surface area contributed by atoms with Gasteiger partial charge in [0.1, 0.15) is 0 Å². The zero-order chi connectivity index (χ0) is 16.4. The molecule has 2 amide bonds. The Bertz CT molecular complexity index is 711. The van der Waals surface area contributed by atoms with Gasteiger partial charge in [0.05, 0.1) is 29.5 Å². The summed E-state index contributed by atoms with van der Waals surface area (Å²) in [6.07, 6.45) is 5.66. The molecule has 1 atom stereocenters. The Morgan fingerprint density at radius 1 is 1.33 bits per heavy atom. The highest BCUT2D eigenvalue weighted by Gasteiger charge is 2.42. The van der Waals surface area contributed by atoms with Crippen LogP contribution in [0, 0.1) is 0 Å². The molecular weight excluding hydrogens is 322 g/mol. The lowest BCUT2D eigenvalue weighted by molar-refractivity contribution is 0.00998. The Labute approximate surface area is 145 Å². The van der Waals surface area contributed by atoms with E-state index < -0.39 is 0 Å². The molecule has 24 heavy (non-hydrogen) atoms. The molecule has 6 heteroatoms. The molecule has 4 rings (SSSR count). The van der Waals surface area contributed by atoms with Gasteiger partial charge < -0.3 is 15.4 Å². The van der Waals surface area contributed by atoms with Gasteiger partial charge in [-0.15, -0.1) is 11.3 Å². The molecule has 0 radical (unpaired) electrons. The van der Waals surface area contributed by atoms with Crippen LogP contribution in [-0.2, 0) is 4.74 Å². The van der Waals surface area contributed by atoms with Crippen LogP contribution < -0.4 is 10.6 Å². The predicted octanol–water partition coefficient (Wildman–Crippen LogP) is 4.03. The van der Waals surface area contributed by atoms with Crippen LogP contribution in [0.3, 0.4) is 0 Å². The Morgan fingerprint density at radius 2 is 2.21 bits per heavy atom. The van der Waals surface area contributed by atoms with Gasteiger partial charge in [0.25, 0.3) is 0 Å². The average Bonchev–Trinajstić information content (AvgIpc) is 3.32. The number of nitrogens with one attached hydrogen (secondary N) is 2. The van der Waals surface area contributed by atoms with Crippen LogP contribution in [-0.4, -0.2) is 29.3 Å². The lowest BCUT2D eigenvalue weighted by Crippen LogP contribution is -2.39. The van der Waals surface area contributed by atoms with Gasteiger partial charge in [0, 0.05) is 16.6 Å². The molecular formula is C18H21N3O2S. The third kappa shape index (κ3) is 3.30. The van der Waals surface area contributed by atoms with Gasteiger partial charge in [-0.25, -0.2) is 9.78 Å². The van der Waals surface area contributed by atoms with Gasteiger partial charge in [0.15, 0.2) is 0 Å². The summed E-state index contributed by atoms with van der Waals surface area (Å²) in [6.45, 7) is 0.617.